The van der Waals surface area contributed by atoms with Gasteiger partial charge in [0, 0.05) is 19.7 Å². The van der Waals surface area contributed by atoms with E-state index < -0.39 is 31.7 Å². The molecule has 0 saturated carbocycles. The molecule has 0 aliphatic carbocycles. The van der Waals surface area contributed by atoms with E-state index >= 15 is 0 Å². The summed E-state index contributed by atoms with van der Waals surface area (Å²) in [7, 11) is -4.05. The summed E-state index contributed by atoms with van der Waals surface area (Å²) in [4.78, 5) is -0.449. The van der Waals surface area contributed by atoms with Crippen LogP contribution in [0.1, 0.15) is 12.5 Å². The van der Waals surface area contributed by atoms with Crippen molar-refractivity contribution >= 4 is 21.6 Å². The molecule has 0 amide bonds. The molecule has 1 aromatic carbocycles. The molecule has 1 aromatic rings. The van der Waals surface area contributed by atoms with Crippen LogP contribution in [0, 0.1) is 11.8 Å². The molecule has 2 rings (SSSR count). The van der Waals surface area contributed by atoms with Crippen molar-refractivity contribution in [1.29, 1.82) is 0 Å². The van der Waals surface area contributed by atoms with Gasteiger partial charge in [-0.1, -0.05) is 18.5 Å². The number of aliphatic hydroxyl groups excluding tert-OH is 1. The number of benzene rings is 1. The van der Waals surface area contributed by atoms with Crippen molar-refractivity contribution in [3.8, 4) is 0 Å². The van der Waals surface area contributed by atoms with Gasteiger partial charge in [0.2, 0.25) is 10.0 Å². The van der Waals surface area contributed by atoms with Crippen LogP contribution >= 0.6 is 11.6 Å². The molecule has 0 radical (unpaired) electrons. The number of hydrogen-bond donors (Lipinski definition) is 1. The van der Waals surface area contributed by atoms with Crippen LogP contribution in [0.15, 0.2) is 23.1 Å². The fourth-order valence-corrected chi connectivity index (χ4v) is 4.30. The van der Waals surface area contributed by atoms with E-state index in [0.29, 0.717) is 6.07 Å². The third-order valence-electron chi connectivity index (χ3n) is 3.85. The normalized spacial score (nSPS) is 23.9. The number of alkyl halides is 3. The van der Waals surface area contributed by atoms with Gasteiger partial charge in [0.1, 0.15) is 0 Å². The highest BCUT2D eigenvalue weighted by molar-refractivity contribution is 7.89. The minimum atomic E-state index is -4.73. The number of sulfonamides is 1. The van der Waals surface area contributed by atoms with E-state index in [-0.39, 0.29) is 31.5 Å². The fourth-order valence-electron chi connectivity index (χ4n) is 2.45. The van der Waals surface area contributed by atoms with Gasteiger partial charge < -0.3 is 5.11 Å². The lowest BCUT2D eigenvalue weighted by Gasteiger charge is -2.18. The molecule has 0 bridgehead atoms. The molecule has 0 unspecified atom stereocenters. The highest BCUT2D eigenvalue weighted by Gasteiger charge is 2.39. The SMILES string of the molecule is C[C@@H]1CN(S(=O)(=O)c2ccc(Cl)c(C(F)(F)F)c2)C[C@H]1CO. The quantitative estimate of drug-likeness (QED) is 0.904. The van der Waals surface area contributed by atoms with E-state index in [1.54, 1.807) is 6.92 Å². The molecule has 0 spiro atoms. The molecule has 4 nitrogen and oxygen atoms in total. The molecule has 22 heavy (non-hydrogen) atoms. The number of aliphatic hydroxyl groups is 1. The lowest BCUT2D eigenvalue weighted by molar-refractivity contribution is -0.137. The van der Waals surface area contributed by atoms with E-state index in [1.165, 1.54) is 0 Å². The molecular weight excluding hydrogens is 343 g/mol. The summed E-state index contributed by atoms with van der Waals surface area (Å²) in [5.74, 6) is -0.279. The molecule has 124 valence electrons. The Balaban J connectivity index is 2.39. The van der Waals surface area contributed by atoms with Crippen molar-refractivity contribution in [2.75, 3.05) is 19.7 Å². The Morgan fingerprint density at radius 3 is 2.50 bits per heavy atom. The lowest BCUT2D eigenvalue weighted by Crippen LogP contribution is -2.29. The van der Waals surface area contributed by atoms with E-state index in [4.69, 9.17) is 11.6 Å². The van der Waals surface area contributed by atoms with Gasteiger partial charge in [0.05, 0.1) is 15.5 Å². The Hall–Kier alpha value is -0.830. The molecule has 9 heteroatoms. The maximum absolute atomic E-state index is 12.8. The summed E-state index contributed by atoms with van der Waals surface area (Å²) in [5.41, 5.74) is -1.18. The summed E-state index contributed by atoms with van der Waals surface area (Å²) in [6, 6.07) is 2.54. The van der Waals surface area contributed by atoms with Crippen LogP contribution in [0.3, 0.4) is 0 Å². The smallest absolute Gasteiger partial charge is 0.396 e. The van der Waals surface area contributed by atoms with Gasteiger partial charge in [-0.3, -0.25) is 0 Å². The summed E-state index contributed by atoms with van der Waals surface area (Å²) < 4.78 is 64.6. The van der Waals surface area contributed by atoms with Gasteiger partial charge in [0.15, 0.2) is 0 Å². The molecule has 1 heterocycles. The fraction of sp³-hybridized carbons (Fsp3) is 0.538. The Morgan fingerprint density at radius 2 is 2.00 bits per heavy atom. The van der Waals surface area contributed by atoms with Crippen LogP contribution < -0.4 is 0 Å². The first-order valence-electron chi connectivity index (χ1n) is 6.55. The minimum absolute atomic E-state index is 0.0610. The summed E-state index contributed by atoms with van der Waals surface area (Å²) in [6.07, 6.45) is -4.73. The van der Waals surface area contributed by atoms with Gasteiger partial charge in [-0.05, 0) is 30.0 Å². The van der Waals surface area contributed by atoms with E-state index in [1.807, 2.05) is 0 Å². The second-order valence-corrected chi connectivity index (χ2v) is 7.73. The van der Waals surface area contributed by atoms with Gasteiger partial charge in [0.25, 0.3) is 0 Å². The van der Waals surface area contributed by atoms with Gasteiger partial charge >= 0.3 is 6.18 Å². The second kappa shape index (κ2) is 5.99. The van der Waals surface area contributed by atoms with E-state index in [0.717, 1.165) is 16.4 Å². The average Bonchev–Trinajstić information content (AvgIpc) is 2.79. The third kappa shape index (κ3) is 3.24. The van der Waals surface area contributed by atoms with E-state index in [2.05, 4.69) is 0 Å². The van der Waals surface area contributed by atoms with Crippen molar-refractivity contribution in [2.45, 2.75) is 18.0 Å². The molecule has 1 fully saturated rings. The molecule has 1 N–H and O–H groups in total. The Labute approximate surface area is 131 Å². The summed E-state index contributed by atoms with van der Waals surface area (Å²) >= 11 is 5.50. The molecule has 1 saturated heterocycles. The summed E-state index contributed by atoms with van der Waals surface area (Å²) in [6.45, 7) is 1.88. The molecule has 0 aromatic heterocycles. The van der Waals surface area contributed by atoms with Crippen LogP contribution in [0.5, 0.6) is 0 Å². The highest BCUT2D eigenvalue weighted by Crippen LogP contribution is 2.37. The van der Waals surface area contributed by atoms with Crippen molar-refractivity contribution in [2.24, 2.45) is 11.8 Å². The summed E-state index contributed by atoms with van der Waals surface area (Å²) in [5, 5.41) is 8.64. The van der Waals surface area contributed by atoms with Crippen LogP contribution in [0.4, 0.5) is 13.2 Å². The van der Waals surface area contributed by atoms with Crippen molar-refractivity contribution < 1.29 is 26.7 Å². The van der Waals surface area contributed by atoms with Crippen molar-refractivity contribution in [1.82, 2.24) is 4.31 Å². The standard InChI is InChI=1S/C13H15ClF3NO3S/c1-8-5-18(6-9(8)7-19)22(20,21)10-2-3-12(14)11(4-10)13(15,16)17/h2-4,8-9,19H,5-7H2,1H3/t8-,9+/m1/s1. The Kier molecular flexibility index (Phi) is 4.77. The molecule has 1 aliphatic heterocycles. The predicted octanol–water partition coefficient (Wildman–Crippen LogP) is 2.61. The Morgan fingerprint density at radius 1 is 1.36 bits per heavy atom. The first-order chi connectivity index (χ1) is 10.1. The zero-order valence-electron chi connectivity index (χ0n) is 11.6. The van der Waals surface area contributed by atoms with Crippen LogP contribution in [-0.4, -0.2) is 37.5 Å². The topological polar surface area (TPSA) is 57.6 Å². The van der Waals surface area contributed by atoms with Gasteiger partial charge in [-0.2, -0.15) is 17.5 Å². The first-order valence-corrected chi connectivity index (χ1v) is 8.37. The number of hydrogen-bond acceptors (Lipinski definition) is 3. The van der Waals surface area contributed by atoms with Gasteiger partial charge in [-0.25, -0.2) is 8.42 Å². The number of rotatable bonds is 3. The third-order valence-corrected chi connectivity index (χ3v) is 6.01. The van der Waals surface area contributed by atoms with Crippen LogP contribution in [0.2, 0.25) is 5.02 Å². The van der Waals surface area contributed by atoms with Crippen molar-refractivity contribution in [3.05, 3.63) is 28.8 Å². The number of halogens is 4. The maximum atomic E-state index is 12.8. The van der Waals surface area contributed by atoms with E-state index in [9.17, 15) is 26.7 Å². The maximum Gasteiger partial charge on any atom is 0.417 e. The monoisotopic (exact) mass is 357 g/mol. The lowest BCUT2D eigenvalue weighted by atomic mass is 10.00. The van der Waals surface area contributed by atoms with Crippen LogP contribution in [-0.2, 0) is 16.2 Å². The first kappa shape index (κ1) is 17.5. The zero-order valence-corrected chi connectivity index (χ0v) is 13.2. The minimum Gasteiger partial charge on any atom is -0.396 e. The van der Waals surface area contributed by atoms with Crippen molar-refractivity contribution in [3.63, 3.8) is 0 Å². The zero-order chi connectivity index (χ0) is 16.7. The predicted molar refractivity (Wildman–Crippen MR) is 75.0 cm³/mol. The molecule has 1 aliphatic rings. The van der Waals surface area contributed by atoms with Crippen LogP contribution in [0.25, 0.3) is 0 Å². The Bertz CT molecular complexity index is 663. The second-order valence-electron chi connectivity index (χ2n) is 5.38. The van der Waals surface area contributed by atoms with Gasteiger partial charge in [-0.15, -0.1) is 0 Å². The number of nitrogens with zero attached hydrogens (tertiary/aromatic N) is 1. The average molecular weight is 358 g/mol. The highest BCUT2D eigenvalue weighted by atomic mass is 35.5. The molecule has 2 atom stereocenters. The molecular formula is C13H15ClF3NO3S. The largest absolute Gasteiger partial charge is 0.417 e.